The molecular formula is C23H33N5O6S. The zero-order valence-electron chi connectivity index (χ0n) is 20.8. The molecule has 1 aromatic heterocycles. The van der Waals surface area contributed by atoms with E-state index >= 15 is 0 Å². The Morgan fingerprint density at radius 1 is 1.40 bits per heavy atom. The number of rotatable bonds is 7. The van der Waals surface area contributed by atoms with Crippen molar-refractivity contribution < 1.29 is 27.9 Å². The van der Waals surface area contributed by atoms with Crippen LogP contribution in [0, 0.1) is 12.8 Å². The second-order valence-corrected chi connectivity index (χ2v) is 11.2. The fourth-order valence-electron chi connectivity index (χ4n) is 3.96. The van der Waals surface area contributed by atoms with Crippen LogP contribution >= 0.6 is 0 Å². The quantitative estimate of drug-likeness (QED) is 0.573. The van der Waals surface area contributed by atoms with E-state index in [0.717, 1.165) is 6.26 Å². The number of carbonyl (C=O) groups excluding carboxylic acids is 2. The van der Waals surface area contributed by atoms with Crippen molar-refractivity contribution in [3.05, 3.63) is 41.2 Å². The van der Waals surface area contributed by atoms with Gasteiger partial charge >= 0.3 is 0 Å². The van der Waals surface area contributed by atoms with Gasteiger partial charge in [-0.1, -0.05) is 13.0 Å². The highest BCUT2D eigenvalue weighted by Gasteiger charge is 2.35. The standard InChI is InChI=1S/C23H33N5O6S/c1-14-11-28(16(3)13-29)23(31)17-8-7-9-18(24-22(30)19-10-15(2)25-27(19)5)21(17)34-20(14)12-26(4)35(6,32)33/h7-10,14,16,20,29H,11-13H2,1-6H3,(H,24,30)/t14-,16+,20+/m0/s1. The summed E-state index contributed by atoms with van der Waals surface area (Å²) < 4.78 is 33.1. The van der Waals surface area contributed by atoms with E-state index in [1.54, 1.807) is 50.1 Å². The first kappa shape index (κ1) is 26.6. The van der Waals surface area contributed by atoms with Crippen molar-refractivity contribution in [1.29, 1.82) is 0 Å². The van der Waals surface area contributed by atoms with Crippen molar-refractivity contribution in [3.63, 3.8) is 0 Å². The van der Waals surface area contributed by atoms with Crippen LogP contribution in [-0.2, 0) is 17.1 Å². The van der Waals surface area contributed by atoms with Gasteiger partial charge in [0.25, 0.3) is 11.8 Å². The van der Waals surface area contributed by atoms with Crippen LogP contribution in [-0.4, -0.2) is 89.5 Å². The second kappa shape index (κ2) is 10.3. The largest absolute Gasteiger partial charge is 0.486 e. The molecule has 1 aliphatic rings. The third-order valence-corrected chi connectivity index (χ3v) is 7.46. The van der Waals surface area contributed by atoms with Gasteiger partial charge in [0.1, 0.15) is 11.8 Å². The molecule has 2 N–H and O–H groups in total. The highest BCUT2D eigenvalue weighted by atomic mass is 32.2. The van der Waals surface area contributed by atoms with Gasteiger partial charge in [0.2, 0.25) is 10.0 Å². The Morgan fingerprint density at radius 3 is 2.66 bits per heavy atom. The number of amides is 2. The Morgan fingerprint density at radius 2 is 2.09 bits per heavy atom. The van der Waals surface area contributed by atoms with Crippen LogP contribution in [0.5, 0.6) is 5.75 Å². The molecule has 192 valence electrons. The molecule has 1 aliphatic heterocycles. The summed E-state index contributed by atoms with van der Waals surface area (Å²) in [5.41, 5.74) is 1.49. The molecule has 1 aromatic carbocycles. The topological polar surface area (TPSA) is 134 Å². The van der Waals surface area contributed by atoms with Crippen LogP contribution in [0.4, 0.5) is 5.69 Å². The number of para-hydroxylation sites is 1. The Kier molecular flexibility index (Phi) is 7.87. The summed E-state index contributed by atoms with van der Waals surface area (Å²) in [6, 6.07) is 6.02. The third kappa shape index (κ3) is 5.82. The number of aliphatic hydroxyl groups excluding tert-OH is 1. The summed E-state index contributed by atoms with van der Waals surface area (Å²) in [5.74, 6) is -0.916. The molecule has 3 atom stereocenters. The normalized spacial score (nSPS) is 19.5. The van der Waals surface area contributed by atoms with Crippen LogP contribution in [0.25, 0.3) is 0 Å². The number of likely N-dealkylation sites (N-methyl/N-ethyl adjacent to an activating group) is 1. The van der Waals surface area contributed by atoms with Crippen LogP contribution in [0.2, 0.25) is 0 Å². The Balaban J connectivity index is 2.07. The summed E-state index contributed by atoms with van der Waals surface area (Å²) in [5, 5.41) is 16.8. The van der Waals surface area contributed by atoms with Crippen LogP contribution in [0.3, 0.4) is 0 Å². The van der Waals surface area contributed by atoms with E-state index in [0.29, 0.717) is 11.4 Å². The zero-order valence-corrected chi connectivity index (χ0v) is 21.7. The molecule has 2 amide bonds. The smallest absolute Gasteiger partial charge is 0.274 e. The highest BCUT2D eigenvalue weighted by Crippen LogP contribution is 2.35. The first-order valence-electron chi connectivity index (χ1n) is 11.3. The minimum absolute atomic E-state index is 0.0399. The maximum Gasteiger partial charge on any atom is 0.274 e. The number of hydrogen-bond acceptors (Lipinski definition) is 7. The zero-order chi connectivity index (χ0) is 26.1. The van der Waals surface area contributed by atoms with Gasteiger partial charge in [-0.15, -0.1) is 0 Å². The lowest BCUT2D eigenvalue weighted by atomic mass is 9.99. The molecule has 0 aliphatic carbocycles. The maximum absolute atomic E-state index is 13.5. The number of aryl methyl sites for hydroxylation is 2. The monoisotopic (exact) mass is 507 g/mol. The number of carbonyl (C=O) groups is 2. The van der Waals surface area contributed by atoms with E-state index in [1.807, 2.05) is 6.92 Å². The van der Waals surface area contributed by atoms with Crippen LogP contribution < -0.4 is 10.1 Å². The fourth-order valence-corrected chi connectivity index (χ4v) is 4.38. The Hall–Kier alpha value is -2.96. The van der Waals surface area contributed by atoms with E-state index in [2.05, 4.69) is 10.4 Å². The molecule has 3 rings (SSSR count). The lowest BCUT2D eigenvalue weighted by Gasteiger charge is -2.38. The molecule has 2 aromatic rings. The van der Waals surface area contributed by atoms with E-state index in [4.69, 9.17) is 4.74 Å². The molecule has 2 heterocycles. The van der Waals surface area contributed by atoms with Crippen molar-refractivity contribution >= 4 is 27.5 Å². The van der Waals surface area contributed by atoms with Gasteiger partial charge in [-0.3, -0.25) is 14.3 Å². The van der Waals surface area contributed by atoms with Crippen LogP contribution in [0.15, 0.2) is 24.3 Å². The first-order chi connectivity index (χ1) is 16.3. The van der Waals surface area contributed by atoms with Gasteiger partial charge in [0.15, 0.2) is 5.75 Å². The SMILES string of the molecule is Cc1cc(C(=O)Nc2cccc3c2O[C@H](CN(C)S(C)(=O)=O)[C@@H](C)CN([C@H](C)CO)C3=O)n(C)n1. The number of sulfonamides is 1. The Bertz CT molecular complexity index is 1210. The summed E-state index contributed by atoms with van der Waals surface area (Å²) >= 11 is 0. The van der Waals surface area contributed by atoms with Gasteiger partial charge in [-0.2, -0.15) is 5.10 Å². The number of aliphatic hydroxyl groups is 1. The fraction of sp³-hybridized carbons (Fsp3) is 0.522. The average molecular weight is 508 g/mol. The van der Waals surface area contributed by atoms with E-state index in [-0.39, 0.29) is 48.5 Å². The van der Waals surface area contributed by atoms with Gasteiger partial charge in [0, 0.05) is 26.6 Å². The molecule has 0 spiro atoms. The van der Waals surface area contributed by atoms with Gasteiger partial charge < -0.3 is 20.1 Å². The summed E-state index contributed by atoms with van der Waals surface area (Å²) in [6.07, 6.45) is 0.478. The van der Waals surface area contributed by atoms with Crippen molar-refractivity contribution in [2.75, 3.05) is 38.3 Å². The number of benzene rings is 1. The first-order valence-corrected chi connectivity index (χ1v) is 13.1. The molecule has 0 radical (unpaired) electrons. The number of nitrogens with one attached hydrogen (secondary N) is 1. The van der Waals surface area contributed by atoms with E-state index in [9.17, 15) is 23.1 Å². The predicted octanol–water partition coefficient (Wildman–Crippen LogP) is 1.09. The van der Waals surface area contributed by atoms with E-state index < -0.39 is 28.1 Å². The molecule has 0 saturated heterocycles. The number of aromatic nitrogens is 2. The number of ether oxygens (including phenoxy) is 1. The van der Waals surface area contributed by atoms with Crippen molar-refractivity contribution in [2.24, 2.45) is 13.0 Å². The molecule has 12 heteroatoms. The van der Waals surface area contributed by atoms with Gasteiger partial charge in [0.05, 0.1) is 42.4 Å². The summed E-state index contributed by atoms with van der Waals surface area (Å²) in [7, 11) is -0.365. The molecule has 35 heavy (non-hydrogen) atoms. The minimum atomic E-state index is -3.48. The van der Waals surface area contributed by atoms with Crippen LogP contribution in [0.1, 0.15) is 40.4 Å². The average Bonchev–Trinajstić information content (AvgIpc) is 3.13. The Labute approximate surface area is 205 Å². The number of nitrogens with zero attached hydrogens (tertiary/aromatic N) is 4. The lowest BCUT2D eigenvalue weighted by Crippen LogP contribution is -2.50. The van der Waals surface area contributed by atoms with Crippen molar-refractivity contribution in [1.82, 2.24) is 19.0 Å². The third-order valence-electron chi connectivity index (χ3n) is 6.18. The maximum atomic E-state index is 13.5. The van der Waals surface area contributed by atoms with Gasteiger partial charge in [-0.25, -0.2) is 12.7 Å². The molecular weight excluding hydrogens is 474 g/mol. The highest BCUT2D eigenvalue weighted by molar-refractivity contribution is 7.88. The van der Waals surface area contributed by atoms with E-state index in [1.165, 1.54) is 16.0 Å². The minimum Gasteiger partial charge on any atom is -0.486 e. The van der Waals surface area contributed by atoms with Crippen molar-refractivity contribution in [2.45, 2.75) is 32.9 Å². The number of fused-ring (bicyclic) bond motifs is 1. The predicted molar refractivity (Wildman–Crippen MR) is 131 cm³/mol. The molecule has 0 unspecified atom stereocenters. The lowest BCUT2D eigenvalue weighted by molar-refractivity contribution is 0.0389. The van der Waals surface area contributed by atoms with Crippen molar-refractivity contribution in [3.8, 4) is 5.75 Å². The molecule has 0 fully saturated rings. The summed E-state index contributed by atoms with van der Waals surface area (Å²) in [6.45, 7) is 5.43. The van der Waals surface area contributed by atoms with Gasteiger partial charge in [-0.05, 0) is 32.0 Å². The molecule has 0 bridgehead atoms. The number of hydrogen-bond donors (Lipinski definition) is 2. The summed E-state index contributed by atoms with van der Waals surface area (Å²) in [4.78, 5) is 28.0. The molecule has 11 nitrogen and oxygen atoms in total. The second-order valence-electron chi connectivity index (χ2n) is 9.10. The molecule has 0 saturated carbocycles. The number of anilines is 1.